The molecule has 1 rings (SSSR count). The number of carbonyl (C=O) groups is 1. The van der Waals surface area contributed by atoms with Crippen LogP contribution in [0.3, 0.4) is 0 Å². The van der Waals surface area contributed by atoms with E-state index in [0.29, 0.717) is 0 Å². The van der Waals surface area contributed by atoms with E-state index in [9.17, 15) is 4.79 Å². The molecule has 4 nitrogen and oxygen atoms in total. The van der Waals surface area contributed by atoms with E-state index in [1.165, 1.54) is 0 Å². The van der Waals surface area contributed by atoms with E-state index < -0.39 is 0 Å². The highest BCUT2D eigenvalue weighted by atomic mass is 32.1. The van der Waals surface area contributed by atoms with Gasteiger partial charge < -0.3 is 15.4 Å². The van der Waals surface area contributed by atoms with Crippen LogP contribution in [-0.2, 0) is 4.74 Å². The monoisotopic (exact) mass is 232 g/mol. The molecule has 1 aliphatic heterocycles. The highest BCUT2D eigenvalue weighted by Gasteiger charge is 2.23. The summed E-state index contributed by atoms with van der Waals surface area (Å²) in [6.45, 7) is 7.38. The molecule has 5 heteroatoms. The van der Waals surface area contributed by atoms with Gasteiger partial charge in [-0.2, -0.15) is 0 Å². The van der Waals surface area contributed by atoms with E-state index in [1.54, 1.807) is 4.90 Å². The van der Waals surface area contributed by atoms with Gasteiger partial charge in [0.1, 0.15) is 5.60 Å². The molecule has 88 valence electrons. The molecule has 1 saturated heterocycles. The molecule has 0 aliphatic carbocycles. The van der Waals surface area contributed by atoms with Crippen LogP contribution in [0.2, 0.25) is 0 Å². The average molecular weight is 232 g/mol. The first-order valence-corrected chi connectivity index (χ1v) is 5.51. The van der Waals surface area contributed by atoms with Crippen LogP contribution in [0.25, 0.3) is 0 Å². The van der Waals surface area contributed by atoms with Crippen LogP contribution in [0.5, 0.6) is 0 Å². The van der Waals surface area contributed by atoms with Gasteiger partial charge in [0.2, 0.25) is 0 Å². The largest absolute Gasteiger partial charge is 0.444 e. The third kappa shape index (κ3) is 7.13. The number of rotatable bonds is 0. The molecule has 0 atom stereocenters. The van der Waals surface area contributed by atoms with E-state index >= 15 is 0 Å². The van der Waals surface area contributed by atoms with Gasteiger partial charge in [-0.1, -0.05) is 12.2 Å². The van der Waals surface area contributed by atoms with Gasteiger partial charge in [-0.25, -0.2) is 4.79 Å². The molecule has 1 fully saturated rings. The van der Waals surface area contributed by atoms with Gasteiger partial charge in [0.15, 0.2) is 0 Å². The fourth-order valence-electron chi connectivity index (χ4n) is 1.23. The van der Waals surface area contributed by atoms with Crippen molar-refractivity contribution in [1.29, 1.82) is 0 Å². The number of nitrogens with two attached hydrogens (primary N) is 1. The minimum absolute atomic E-state index is 0.167. The fraction of sp³-hybridized carbons (Fsp3) is 0.800. The second kappa shape index (κ2) is 6.61. The summed E-state index contributed by atoms with van der Waals surface area (Å²) in [6, 6.07) is 0. The maximum atomic E-state index is 11.4. The zero-order valence-corrected chi connectivity index (χ0v) is 10.5. The minimum Gasteiger partial charge on any atom is -0.444 e. The van der Waals surface area contributed by atoms with Crippen LogP contribution in [0.4, 0.5) is 4.79 Å². The molecule has 0 radical (unpaired) electrons. The van der Waals surface area contributed by atoms with Crippen molar-refractivity contribution >= 4 is 23.8 Å². The van der Waals surface area contributed by atoms with Crippen LogP contribution in [0.15, 0.2) is 0 Å². The van der Waals surface area contributed by atoms with E-state index in [1.807, 2.05) is 20.8 Å². The molecule has 0 spiro atoms. The maximum absolute atomic E-state index is 11.4. The minimum atomic E-state index is -0.361. The van der Waals surface area contributed by atoms with Crippen molar-refractivity contribution in [2.45, 2.75) is 39.2 Å². The van der Waals surface area contributed by atoms with Crippen molar-refractivity contribution in [3.8, 4) is 0 Å². The lowest BCUT2D eigenvalue weighted by Gasteiger charge is -2.23. The number of carbonyl (C=O) groups excluding carboxylic acids is 1. The van der Waals surface area contributed by atoms with E-state index in [4.69, 9.17) is 4.74 Å². The summed E-state index contributed by atoms with van der Waals surface area (Å²) in [6.07, 6.45) is 2.05. The molecule has 1 amide bonds. The normalized spacial score (nSPS) is 15.3. The third-order valence-electron chi connectivity index (χ3n) is 1.76. The molecule has 2 N–H and O–H groups in total. The smallest absolute Gasteiger partial charge is 0.410 e. The Morgan fingerprint density at radius 1 is 1.40 bits per heavy atom. The second-order valence-corrected chi connectivity index (χ2v) is 4.58. The summed E-state index contributed by atoms with van der Waals surface area (Å²) in [4.78, 5) is 13.1. The summed E-state index contributed by atoms with van der Waals surface area (Å²) in [5.74, 6) is 0. The van der Waals surface area contributed by atoms with E-state index in [-0.39, 0.29) is 11.7 Å². The number of thiocarbonyl (C=S) groups is 1. The fourth-order valence-corrected chi connectivity index (χ4v) is 1.23. The quantitative estimate of drug-likeness (QED) is 0.648. The Kier molecular flexibility index (Phi) is 6.24. The summed E-state index contributed by atoms with van der Waals surface area (Å²) in [7, 11) is 0. The Hall–Kier alpha value is -0.840. The third-order valence-corrected chi connectivity index (χ3v) is 1.76. The second-order valence-electron chi connectivity index (χ2n) is 4.31. The molecule has 0 aromatic carbocycles. The van der Waals surface area contributed by atoms with Gasteiger partial charge in [0.25, 0.3) is 0 Å². The molecule has 0 unspecified atom stereocenters. The van der Waals surface area contributed by atoms with Gasteiger partial charge >= 0.3 is 6.09 Å². The van der Waals surface area contributed by atoms with Crippen LogP contribution in [0, 0.1) is 0 Å². The van der Waals surface area contributed by atoms with E-state index in [0.717, 1.165) is 31.4 Å². The predicted molar refractivity (Wildman–Crippen MR) is 64.9 cm³/mol. The summed E-state index contributed by atoms with van der Waals surface area (Å²) in [5, 5.41) is 0. The lowest BCUT2D eigenvalue weighted by molar-refractivity contribution is 0.0295. The number of hydrogen-bond acceptors (Lipinski definition) is 3. The number of ether oxygens (including phenoxy) is 1. The van der Waals surface area contributed by atoms with Gasteiger partial charge in [-0.3, -0.25) is 0 Å². The SMILES string of the molecule is CC(C)(C)OC(=O)N1CCCC1.NC=S. The van der Waals surface area contributed by atoms with Crippen molar-refractivity contribution in [3.63, 3.8) is 0 Å². The summed E-state index contributed by atoms with van der Waals surface area (Å²) < 4.78 is 5.21. The molecular formula is C10H20N2O2S. The van der Waals surface area contributed by atoms with Gasteiger partial charge in [0, 0.05) is 13.1 Å². The molecule has 0 aromatic rings. The van der Waals surface area contributed by atoms with Crippen LogP contribution < -0.4 is 5.73 Å². The molecule has 0 bridgehead atoms. The van der Waals surface area contributed by atoms with Gasteiger partial charge in [0.05, 0.1) is 5.49 Å². The number of hydrogen-bond donors (Lipinski definition) is 1. The van der Waals surface area contributed by atoms with Crippen molar-refractivity contribution in [3.05, 3.63) is 0 Å². The van der Waals surface area contributed by atoms with Crippen LogP contribution in [-0.4, -0.2) is 35.2 Å². The highest BCUT2D eigenvalue weighted by Crippen LogP contribution is 2.14. The molecule has 1 heterocycles. The summed E-state index contributed by atoms with van der Waals surface area (Å²) >= 11 is 4.05. The molecule has 0 saturated carbocycles. The van der Waals surface area contributed by atoms with Gasteiger partial charge in [-0.15, -0.1) is 0 Å². The van der Waals surface area contributed by atoms with E-state index in [2.05, 4.69) is 18.0 Å². The number of nitrogens with zero attached hydrogens (tertiary/aromatic N) is 1. The highest BCUT2D eigenvalue weighted by molar-refractivity contribution is 7.78. The Bertz CT molecular complexity index is 208. The molecule has 1 aliphatic rings. The average Bonchev–Trinajstić information content (AvgIpc) is 2.53. The summed E-state index contributed by atoms with van der Waals surface area (Å²) in [5.41, 5.74) is 5.26. The standard InChI is InChI=1S/C9H17NO2.CH3NS/c1-9(2,3)12-8(11)10-6-4-5-7-10;2-1-3/h4-7H2,1-3H3;1H,(H2,2,3). The predicted octanol–water partition coefficient (Wildman–Crippen LogP) is 1.92. The zero-order valence-electron chi connectivity index (χ0n) is 9.66. The van der Waals surface area contributed by atoms with Crippen molar-refractivity contribution in [1.82, 2.24) is 4.90 Å². The van der Waals surface area contributed by atoms with Crippen LogP contribution >= 0.6 is 12.2 Å². The van der Waals surface area contributed by atoms with Crippen molar-refractivity contribution in [2.24, 2.45) is 5.73 Å². The molecule has 0 aromatic heterocycles. The first kappa shape index (κ1) is 14.2. The Morgan fingerprint density at radius 2 is 1.80 bits per heavy atom. The Balaban J connectivity index is 0.000000583. The number of amides is 1. The molecule has 15 heavy (non-hydrogen) atoms. The van der Waals surface area contributed by atoms with Crippen molar-refractivity contribution in [2.75, 3.05) is 13.1 Å². The van der Waals surface area contributed by atoms with Gasteiger partial charge in [-0.05, 0) is 33.6 Å². The Labute approximate surface area is 96.8 Å². The van der Waals surface area contributed by atoms with Crippen LogP contribution in [0.1, 0.15) is 33.6 Å². The molecular weight excluding hydrogens is 212 g/mol. The number of likely N-dealkylation sites (tertiary alicyclic amines) is 1. The Morgan fingerprint density at radius 3 is 2.13 bits per heavy atom. The maximum Gasteiger partial charge on any atom is 0.410 e. The zero-order chi connectivity index (χ0) is 11.9. The first-order chi connectivity index (χ1) is 6.90. The lowest BCUT2D eigenvalue weighted by Crippen LogP contribution is -2.34. The van der Waals surface area contributed by atoms with Crippen molar-refractivity contribution < 1.29 is 9.53 Å². The topological polar surface area (TPSA) is 55.6 Å². The lowest BCUT2D eigenvalue weighted by atomic mass is 10.2. The first-order valence-electron chi connectivity index (χ1n) is 5.04.